The number of carbonyl (C=O) groups excluding carboxylic acids is 2. The van der Waals surface area contributed by atoms with Crippen molar-refractivity contribution >= 4 is 40.6 Å². The zero-order valence-corrected chi connectivity index (χ0v) is 16.9. The average molecular weight is 440 g/mol. The molecule has 0 atom stereocenters. The number of halogens is 3. The van der Waals surface area contributed by atoms with Crippen LogP contribution in [0.3, 0.4) is 0 Å². The van der Waals surface area contributed by atoms with E-state index in [1.807, 2.05) is 0 Å². The van der Waals surface area contributed by atoms with E-state index in [0.717, 1.165) is 12.1 Å². The van der Waals surface area contributed by atoms with Gasteiger partial charge >= 0.3 is 18.1 Å². The van der Waals surface area contributed by atoms with Crippen LogP contribution < -0.4 is 10.6 Å². The topological polar surface area (TPSA) is 76.7 Å². The summed E-state index contributed by atoms with van der Waals surface area (Å²) >= 11 is 5.14. The highest BCUT2D eigenvalue weighted by molar-refractivity contribution is 7.80. The highest BCUT2D eigenvalue weighted by Gasteiger charge is 2.30. The Kier molecular flexibility index (Phi) is 7.76. The Morgan fingerprint density at radius 3 is 1.93 bits per heavy atom. The van der Waals surface area contributed by atoms with E-state index in [-0.39, 0.29) is 40.8 Å². The molecule has 0 saturated heterocycles. The lowest BCUT2D eigenvalue weighted by atomic mass is 10.1. The number of hydrogen-bond acceptors (Lipinski definition) is 5. The van der Waals surface area contributed by atoms with Crippen molar-refractivity contribution in [1.29, 1.82) is 0 Å². The quantitative estimate of drug-likeness (QED) is 0.490. The number of alkyl halides is 3. The fraction of sp³-hybridized carbons (Fsp3) is 0.250. The minimum atomic E-state index is -4.49. The number of benzene rings is 2. The van der Waals surface area contributed by atoms with Crippen LogP contribution in [0.25, 0.3) is 0 Å². The highest BCUT2D eigenvalue weighted by atomic mass is 32.1. The molecule has 0 radical (unpaired) electrons. The van der Waals surface area contributed by atoms with Gasteiger partial charge in [0.05, 0.1) is 29.9 Å². The lowest BCUT2D eigenvalue weighted by Gasteiger charge is -2.14. The summed E-state index contributed by atoms with van der Waals surface area (Å²) < 4.78 is 48.5. The normalized spacial score (nSPS) is 10.8. The SMILES string of the molecule is CCOC(=O)c1cc(NC(=S)Nc2cccc(C(F)(F)F)c2)cc(C(=O)OCC)c1. The summed E-state index contributed by atoms with van der Waals surface area (Å²) in [5.74, 6) is -1.30. The van der Waals surface area contributed by atoms with Crippen LogP contribution in [-0.4, -0.2) is 30.3 Å². The van der Waals surface area contributed by atoms with Crippen LogP contribution in [-0.2, 0) is 15.7 Å². The first-order chi connectivity index (χ1) is 14.1. The number of ether oxygens (including phenoxy) is 2. The summed E-state index contributed by atoms with van der Waals surface area (Å²) in [6.45, 7) is 3.56. The zero-order valence-electron chi connectivity index (χ0n) is 16.1. The van der Waals surface area contributed by atoms with Gasteiger partial charge in [0.25, 0.3) is 0 Å². The van der Waals surface area contributed by atoms with E-state index in [0.29, 0.717) is 0 Å². The maximum Gasteiger partial charge on any atom is 0.416 e. The Labute approximate surface area is 176 Å². The fourth-order valence-corrected chi connectivity index (χ4v) is 2.67. The van der Waals surface area contributed by atoms with Crippen LogP contribution in [0.4, 0.5) is 24.5 Å². The number of thiocarbonyl (C=S) groups is 1. The van der Waals surface area contributed by atoms with Crippen molar-refractivity contribution < 1.29 is 32.2 Å². The molecule has 160 valence electrons. The van der Waals surface area contributed by atoms with E-state index >= 15 is 0 Å². The molecule has 0 aliphatic carbocycles. The molecule has 0 saturated carbocycles. The third-order valence-electron chi connectivity index (χ3n) is 3.66. The summed E-state index contributed by atoms with van der Waals surface area (Å²) in [6, 6.07) is 8.64. The van der Waals surface area contributed by atoms with Gasteiger partial charge in [-0.1, -0.05) is 6.07 Å². The van der Waals surface area contributed by atoms with Gasteiger partial charge < -0.3 is 20.1 Å². The van der Waals surface area contributed by atoms with Crippen molar-refractivity contribution in [2.45, 2.75) is 20.0 Å². The molecule has 2 rings (SSSR count). The smallest absolute Gasteiger partial charge is 0.416 e. The number of nitrogens with one attached hydrogen (secondary N) is 2. The predicted octanol–water partition coefficient (Wildman–Crippen LogP) is 4.87. The van der Waals surface area contributed by atoms with Gasteiger partial charge in [0.15, 0.2) is 5.11 Å². The average Bonchev–Trinajstić information content (AvgIpc) is 2.67. The Balaban J connectivity index is 2.24. The first-order valence-corrected chi connectivity index (χ1v) is 9.29. The summed E-state index contributed by atoms with van der Waals surface area (Å²) in [6.07, 6.45) is -4.49. The molecule has 0 unspecified atom stereocenters. The third-order valence-corrected chi connectivity index (χ3v) is 3.87. The number of carbonyl (C=O) groups is 2. The van der Waals surface area contributed by atoms with Gasteiger partial charge in [-0.15, -0.1) is 0 Å². The van der Waals surface area contributed by atoms with Crippen LogP contribution in [0.5, 0.6) is 0 Å². The molecule has 6 nitrogen and oxygen atoms in total. The van der Waals surface area contributed by atoms with Gasteiger partial charge in [-0.2, -0.15) is 13.2 Å². The second-order valence-corrected chi connectivity index (χ2v) is 6.31. The Morgan fingerprint density at radius 1 is 0.900 bits per heavy atom. The summed E-state index contributed by atoms with van der Waals surface area (Å²) in [4.78, 5) is 24.2. The zero-order chi connectivity index (χ0) is 22.3. The van der Waals surface area contributed by atoms with Crippen molar-refractivity contribution in [2.75, 3.05) is 23.8 Å². The van der Waals surface area contributed by atoms with Crippen LogP contribution >= 0.6 is 12.2 Å². The molecule has 2 aromatic rings. The second-order valence-electron chi connectivity index (χ2n) is 5.90. The number of hydrogen-bond donors (Lipinski definition) is 2. The van der Waals surface area contributed by atoms with Gasteiger partial charge in [0.2, 0.25) is 0 Å². The van der Waals surface area contributed by atoms with Crippen LogP contribution in [0.2, 0.25) is 0 Å². The lowest BCUT2D eigenvalue weighted by molar-refractivity contribution is -0.137. The fourth-order valence-electron chi connectivity index (χ4n) is 2.43. The molecule has 0 aliphatic rings. The Hall–Kier alpha value is -3.14. The molecule has 30 heavy (non-hydrogen) atoms. The minimum Gasteiger partial charge on any atom is -0.462 e. The van der Waals surface area contributed by atoms with Crippen molar-refractivity contribution in [3.63, 3.8) is 0 Å². The first kappa shape index (κ1) is 23.1. The molecule has 0 aliphatic heterocycles. The second kappa shape index (κ2) is 10.1. The molecule has 0 heterocycles. The minimum absolute atomic E-state index is 0.0369. The van der Waals surface area contributed by atoms with Gasteiger partial charge in [-0.25, -0.2) is 9.59 Å². The maximum absolute atomic E-state index is 12.9. The van der Waals surface area contributed by atoms with Gasteiger partial charge in [-0.3, -0.25) is 0 Å². The van der Waals surface area contributed by atoms with E-state index in [4.69, 9.17) is 21.7 Å². The van der Waals surface area contributed by atoms with Gasteiger partial charge in [-0.05, 0) is 62.5 Å². The molecule has 0 fully saturated rings. The van der Waals surface area contributed by atoms with Crippen molar-refractivity contribution in [1.82, 2.24) is 0 Å². The van der Waals surface area contributed by atoms with Crippen LogP contribution in [0.1, 0.15) is 40.1 Å². The predicted molar refractivity (Wildman–Crippen MR) is 110 cm³/mol. The number of rotatable bonds is 6. The van der Waals surface area contributed by atoms with Crippen molar-refractivity contribution in [3.05, 3.63) is 59.2 Å². The number of esters is 2. The molecular weight excluding hydrogens is 421 g/mol. The van der Waals surface area contributed by atoms with E-state index in [2.05, 4.69) is 10.6 Å². The molecule has 2 aromatic carbocycles. The van der Waals surface area contributed by atoms with Crippen molar-refractivity contribution in [2.24, 2.45) is 0 Å². The molecule has 10 heteroatoms. The van der Waals surface area contributed by atoms with Crippen LogP contribution in [0, 0.1) is 0 Å². The maximum atomic E-state index is 12.9. The van der Waals surface area contributed by atoms with E-state index in [9.17, 15) is 22.8 Å². The summed E-state index contributed by atoms with van der Waals surface area (Å²) in [7, 11) is 0. The molecule has 0 bridgehead atoms. The van der Waals surface area contributed by atoms with Gasteiger partial charge in [0.1, 0.15) is 0 Å². The lowest BCUT2D eigenvalue weighted by Crippen LogP contribution is -2.20. The summed E-state index contributed by atoms with van der Waals surface area (Å²) in [5.41, 5.74) is -0.273. The van der Waals surface area contributed by atoms with E-state index in [1.54, 1.807) is 13.8 Å². The summed E-state index contributed by atoms with van der Waals surface area (Å²) in [5, 5.41) is 5.35. The molecule has 0 aromatic heterocycles. The largest absolute Gasteiger partial charge is 0.462 e. The van der Waals surface area contributed by atoms with E-state index in [1.165, 1.54) is 30.3 Å². The van der Waals surface area contributed by atoms with Crippen molar-refractivity contribution in [3.8, 4) is 0 Å². The monoisotopic (exact) mass is 440 g/mol. The van der Waals surface area contributed by atoms with Crippen LogP contribution in [0.15, 0.2) is 42.5 Å². The van der Waals surface area contributed by atoms with Gasteiger partial charge in [0, 0.05) is 11.4 Å². The standard InChI is InChI=1S/C20H19F3N2O4S/c1-3-28-17(26)12-8-13(18(27)29-4-2)10-16(9-12)25-19(30)24-15-7-5-6-14(11-15)20(21,22)23/h5-11H,3-4H2,1-2H3,(H2,24,25,30). The Morgan fingerprint density at radius 2 is 1.43 bits per heavy atom. The molecule has 0 amide bonds. The molecular formula is C20H19F3N2O4S. The highest BCUT2D eigenvalue weighted by Crippen LogP contribution is 2.30. The van der Waals surface area contributed by atoms with E-state index < -0.39 is 23.7 Å². The third kappa shape index (κ3) is 6.45. The first-order valence-electron chi connectivity index (χ1n) is 8.88. The Bertz CT molecular complexity index is 912. The number of anilines is 2. The molecule has 2 N–H and O–H groups in total. The molecule has 0 spiro atoms.